The number of nitrogens with one attached hydrogen (secondary N) is 1. The summed E-state index contributed by atoms with van der Waals surface area (Å²) in [5.74, 6) is 0.125. The summed E-state index contributed by atoms with van der Waals surface area (Å²) in [7, 11) is 0. The second-order valence-corrected chi connectivity index (χ2v) is 6.05. The number of benzene rings is 1. The van der Waals surface area contributed by atoms with Gasteiger partial charge in [0.05, 0.1) is 0 Å². The van der Waals surface area contributed by atoms with E-state index in [1.54, 1.807) is 0 Å². The van der Waals surface area contributed by atoms with Crippen molar-refractivity contribution in [2.45, 2.75) is 32.9 Å². The van der Waals surface area contributed by atoms with Crippen LogP contribution in [0.1, 0.15) is 29.8 Å². The Morgan fingerprint density at radius 3 is 2.68 bits per heavy atom. The summed E-state index contributed by atoms with van der Waals surface area (Å²) in [4.78, 5) is 14.5. The van der Waals surface area contributed by atoms with E-state index < -0.39 is 0 Å². The second kappa shape index (κ2) is 6.73. The van der Waals surface area contributed by atoms with Gasteiger partial charge in [0.2, 0.25) is 0 Å². The van der Waals surface area contributed by atoms with Gasteiger partial charge in [0.1, 0.15) is 0 Å². The van der Waals surface area contributed by atoms with Crippen molar-refractivity contribution in [3.8, 4) is 0 Å². The van der Waals surface area contributed by atoms with Crippen molar-refractivity contribution in [3.05, 3.63) is 33.8 Å². The van der Waals surface area contributed by atoms with Crippen LogP contribution in [0.4, 0.5) is 0 Å². The molecule has 1 fully saturated rings. The highest BCUT2D eigenvalue weighted by Crippen LogP contribution is 2.19. The standard InChI is InChI=1S/C14H19BrN2O.ClH/c1-9-4-12(6-13(15)5-9)14(18)17-8-10(2)16-7-11(17)3;/h4-6,10-11,16H,7-8H2,1-3H3;1H. The lowest BCUT2D eigenvalue weighted by molar-refractivity contribution is 0.0616. The monoisotopic (exact) mass is 346 g/mol. The fourth-order valence-corrected chi connectivity index (χ4v) is 2.94. The molecule has 2 unspecified atom stereocenters. The summed E-state index contributed by atoms with van der Waals surface area (Å²) in [6.45, 7) is 7.83. The Balaban J connectivity index is 0.00000180. The van der Waals surface area contributed by atoms with Crippen LogP contribution in [0, 0.1) is 6.92 Å². The van der Waals surface area contributed by atoms with Crippen LogP contribution in [0.25, 0.3) is 0 Å². The largest absolute Gasteiger partial charge is 0.333 e. The normalized spacial score (nSPS) is 22.8. The molecule has 0 spiro atoms. The predicted octanol–water partition coefficient (Wildman–Crippen LogP) is 3.00. The van der Waals surface area contributed by atoms with E-state index in [1.807, 2.05) is 30.0 Å². The number of rotatable bonds is 1. The molecule has 106 valence electrons. The van der Waals surface area contributed by atoms with Crippen molar-refractivity contribution in [1.82, 2.24) is 10.2 Å². The lowest BCUT2D eigenvalue weighted by Crippen LogP contribution is -2.56. The molecule has 0 radical (unpaired) electrons. The van der Waals surface area contributed by atoms with Crippen molar-refractivity contribution in [1.29, 1.82) is 0 Å². The van der Waals surface area contributed by atoms with Gasteiger partial charge in [-0.15, -0.1) is 12.4 Å². The van der Waals surface area contributed by atoms with Crippen LogP contribution in [0.3, 0.4) is 0 Å². The van der Waals surface area contributed by atoms with Gasteiger partial charge in [0.15, 0.2) is 0 Å². The summed E-state index contributed by atoms with van der Waals surface area (Å²) >= 11 is 3.45. The number of halogens is 2. The van der Waals surface area contributed by atoms with Crippen molar-refractivity contribution in [2.75, 3.05) is 13.1 Å². The fourth-order valence-electron chi connectivity index (χ4n) is 2.33. The molecule has 1 amide bonds. The maximum absolute atomic E-state index is 12.5. The highest BCUT2D eigenvalue weighted by Gasteiger charge is 2.27. The van der Waals surface area contributed by atoms with Gasteiger partial charge >= 0.3 is 0 Å². The lowest BCUT2D eigenvalue weighted by Gasteiger charge is -2.37. The van der Waals surface area contributed by atoms with E-state index in [2.05, 4.69) is 35.1 Å². The topological polar surface area (TPSA) is 32.3 Å². The summed E-state index contributed by atoms with van der Waals surface area (Å²) < 4.78 is 0.960. The molecule has 1 aromatic carbocycles. The zero-order chi connectivity index (χ0) is 13.3. The first kappa shape index (κ1) is 16.5. The molecule has 1 aliphatic rings. The van der Waals surface area contributed by atoms with Gasteiger partial charge in [-0.1, -0.05) is 15.9 Å². The molecule has 1 saturated heterocycles. The van der Waals surface area contributed by atoms with Gasteiger partial charge in [-0.3, -0.25) is 4.79 Å². The Morgan fingerprint density at radius 2 is 2.05 bits per heavy atom. The molecule has 1 heterocycles. The molecule has 3 nitrogen and oxygen atoms in total. The number of hydrogen-bond donors (Lipinski definition) is 1. The number of hydrogen-bond acceptors (Lipinski definition) is 2. The highest BCUT2D eigenvalue weighted by atomic mass is 79.9. The quantitative estimate of drug-likeness (QED) is 0.847. The third-order valence-corrected chi connectivity index (χ3v) is 3.77. The van der Waals surface area contributed by atoms with Gasteiger partial charge in [0.25, 0.3) is 5.91 Å². The summed E-state index contributed by atoms with van der Waals surface area (Å²) in [6, 6.07) is 6.47. The molecular weight excluding hydrogens is 328 g/mol. The first-order valence-corrected chi connectivity index (χ1v) is 7.08. The number of carbonyl (C=O) groups is 1. The minimum atomic E-state index is 0. The van der Waals surface area contributed by atoms with E-state index in [-0.39, 0.29) is 24.4 Å². The molecule has 2 rings (SSSR count). The SMILES string of the molecule is Cc1cc(Br)cc(C(=O)N2CC(C)NCC2C)c1.Cl. The lowest BCUT2D eigenvalue weighted by atomic mass is 10.1. The molecule has 0 aliphatic carbocycles. The third kappa shape index (κ3) is 3.94. The second-order valence-electron chi connectivity index (χ2n) is 5.13. The van der Waals surface area contributed by atoms with Crippen LogP contribution in [-0.2, 0) is 0 Å². The highest BCUT2D eigenvalue weighted by molar-refractivity contribution is 9.10. The number of aryl methyl sites for hydroxylation is 1. The Morgan fingerprint density at radius 1 is 1.37 bits per heavy atom. The van der Waals surface area contributed by atoms with E-state index in [1.165, 1.54) is 0 Å². The zero-order valence-electron chi connectivity index (χ0n) is 11.4. The third-order valence-electron chi connectivity index (χ3n) is 3.31. The Bertz CT molecular complexity index is 447. The van der Waals surface area contributed by atoms with Crippen LogP contribution >= 0.6 is 28.3 Å². The van der Waals surface area contributed by atoms with E-state index in [0.717, 1.165) is 28.7 Å². The Hall–Kier alpha value is -0.580. The Kier molecular flexibility index (Phi) is 5.83. The first-order chi connectivity index (χ1) is 8.47. The number of amides is 1. The predicted molar refractivity (Wildman–Crippen MR) is 84.1 cm³/mol. The average Bonchev–Trinajstić information content (AvgIpc) is 2.30. The van der Waals surface area contributed by atoms with Gasteiger partial charge in [-0.2, -0.15) is 0 Å². The van der Waals surface area contributed by atoms with Crippen molar-refractivity contribution in [2.24, 2.45) is 0 Å². The van der Waals surface area contributed by atoms with Gasteiger partial charge in [-0.25, -0.2) is 0 Å². The van der Waals surface area contributed by atoms with Crippen LogP contribution in [0.2, 0.25) is 0 Å². The first-order valence-electron chi connectivity index (χ1n) is 6.29. The van der Waals surface area contributed by atoms with E-state index in [9.17, 15) is 4.79 Å². The minimum absolute atomic E-state index is 0. The average molecular weight is 348 g/mol. The molecule has 0 bridgehead atoms. The fraction of sp³-hybridized carbons (Fsp3) is 0.500. The van der Waals surface area contributed by atoms with Gasteiger partial charge in [0, 0.05) is 35.2 Å². The molecule has 5 heteroatoms. The van der Waals surface area contributed by atoms with E-state index in [0.29, 0.717) is 6.04 Å². The van der Waals surface area contributed by atoms with Crippen LogP contribution in [-0.4, -0.2) is 36.0 Å². The number of carbonyl (C=O) groups excluding carboxylic acids is 1. The van der Waals surface area contributed by atoms with E-state index >= 15 is 0 Å². The minimum Gasteiger partial charge on any atom is -0.333 e. The molecular formula is C14H20BrClN2O. The smallest absolute Gasteiger partial charge is 0.254 e. The molecule has 19 heavy (non-hydrogen) atoms. The molecule has 1 N–H and O–H groups in total. The van der Waals surface area contributed by atoms with Crippen LogP contribution in [0.15, 0.2) is 22.7 Å². The zero-order valence-corrected chi connectivity index (χ0v) is 13.8. The molecule has 1 aromatic rings. The van der Waals surface area contributed by atoms with Crippen molar-refractivity contribution >= 4 is 34.2 Å². The van der Waals surface area contributed by atoms with Gasteiger partial charge < -0.3 is 10.2 Å². The van der Waals surface area contributed by atoms with Crippen molar-refractivity contribution in [3.63, 3.8) is 0 Å². The maximum atomic E-state index is 12.5. The van der Waals surface area contributed by atoms with Crippen molar-refractivity contribution < 1.29 is 4.79 Å². The van der Waals surface area contributed by atoms with E-state index in [4.69, 9.17) is 0 Å². The maximum Gasteiger partial charge on any atom is 0.254 e. The Labute approximate surface area is 129 Å². The summed E-state index contributed by atoms with van der Waals surface area (Å²) in [5, 5.41) is 3.39. The number of piperazine rings is 1. The van der Waals surface area contributed by atoms with Crippen LogP contribution in [0.5, 0.6) is 0 Å². The number of nitrogens with zero attached hydrogens (tertiary/aromatic N) is 1. The van der Waals surface area contributed by atoms with Gasteiger partial charge in [-0.05, 0) is 44.5 Å². The molecule has 0 saturated carbocycles. The molecule has 0 aromatic heterocycles. The summed E-state index contributed by atoms with van der Waals surface area (Å²) in [6.07, 6.45) is 0. The van der Waals surface area contributed by atoms with Crippen LogP contribution < -0.4 is 5.32 Å². The molecule has 2 atom stereocenters. The summed E-state index contributed by atoms with van der Waals surface area (Å²) in [5.41, 5.74) is 1.87. The molecule has 1 aliphatic heterocycles.